The van der Waals surface area contributed by atoms with Gasteiger partial charge in [0.25, 0.3) is 15.6 Å². The van der Waals surface area contributed by atoms with E-state index in [0.717, 1.165) is 23.8 Å². The number of ether oxygens (including phenoxy) is 2. The summed E-state index contributed by atoms with van der Waals surface area (Å²) in [7, 11) is -2.99. The van der Waals surface area contributed by atoms with Crippen LogP contribution >= 0.6 is 11.6 Å². The summed E-state index contributed by atoms with van der Waals surface area (Å²) in [6.45, 7) is -2.10. The molecule has 1 aromatic carbocycles. The van der Waals surface area contributed by atoms with Gasteiger partial charge in [-0.2, -0.15) is 26.9 Å². The fourth-order valence-corrected chi connectivity index (χ4v) is 4.43. The van der Waals surface area contributed by atoms with Crippen LogP contribution in [0.15, 0.2) is 62.9 Å². The number of hydrogen-bond donors (Lipinski definition) is 1. The Morgan fingerprint density at radius 1 is 1.08 bits per heavy atom. The van der Waals surface area contributed by atoms with Crippen LogP contribution < -0.4 is 19.8 Å². The van der Waals surface area contributed by atoms with Gasteiger partial charge in [-0.1, -0.05) is 16.8 Å². The summed E-state index contributed by atoms with van der Waals surface area (Å²) in [5, 5.41) is 3.23. The fraction of sp³-hybridized carbons (Fsp3) is 0.190. The minimum atomic E-state index is -5.86. The molecule has 0 unspecified atom stereocenters. The molecule has 3 heterocycles. The Kier molecular flexibility index (Phi) is 6.96. The predicted octanol–water partition coefficient (Wildman–Crippen LogP) is 4.41. The summed E-state index contributed by atoms with van der Waals surface area (Å²) in [5.41, 5.74) is -0.618. The van der Waals surface area contributed by atoms with E-state index in [9.17, 15) is 35.2 Å². The second kappa shape index (κ2) is 9.75. The Labute approximate surface area is 214 Å². The van der Waals surface area contributed by atoms with Crippen LogP contribution in [0.1, 0.15) is 0 Å². The normalized spacial score (nSPS) is 12.5. The number of hydrogen-bond acceptors (Lipinski definition) is 8. The lowest BCUT2D eigenvalue weighted by molar-refractivity contribution is -0.290. The zero-order chi connectivity index (χ0) is 27.9. The molecule has 17 heteroatoms. The van der Waals surface area contributed by atoms with Crippen molar-refractivity contribution in [2.75, 3.05) is 18.4 Å². The Morgan fingerprint density at radius 3 is 2.45 bits per heavy atom. The highest BCUT2D eigenvalue weighted by Crippen LogP contribution is 2.38. The van der Waals surface area contributed by atoms with E-state index >= 15 is 0 Å². The van der Waals surface area contributed by atoms with Crippen molar-refractivity contribution in [3.8, 4) is 17.4 Å². The molecule has 0 bridgehead atoms. The number of aromatic nitrogens is 3. The van der Waals surface area contributed by atoms with Gasteiger partial charge < -0.3 is 14.0 Å². The molecule has 202 valence electrons. The van der Waals surface area contributed by atoms with E-state index in [0.29, 0.717) is 0 Å². The van der Waals surface area contributed by atoms with Crippen molar-refractivity contribution in [3.63, 3.8) is 0 Å². The third-order valence-electron chi connectivity index (χ3n) is 4.98. The highest BCUT2D eigenvalue weighted by atomic mass is 35.5. The van der Waals surface area contributed by atoms with Crippen LogP contribution in [0, 0.1) is 0 Å². The van der Waals surface area contributed by atoms with Crippen molar-refractivity contribution < 1.29 is 44.4 Å². The second-order valence-corrected chi connectivity index (χ2v) is 9.60. The lowest BCUT2D eigenvalue weighted by Gasteiger charge is -2.20. The van der Waals surface area contributed by atoms with E-state index in [1.54, 1.807) is 0 Å². The molecule has 10 nitrogen and oxygen atoms in total. The number of alkyl halides is 5. The zero-order valence-corrected chi connectivity index (χ0v) is 20.4. The van der Waals surface area contributed by atoms with Crippen molar-refractivity contribution in [2.24, 2.45) is 0 Å². The molecule has 3 aromatic heterocycles. The van der Waals surface area contributed by atoms with Crippen LogP contribution in [0.25, 0.3) is 16.6 Å². The first kappa shape index (κ1) is 27.1. The SMILES string of the molecule is COc1nc(OCC(F)(F)C(F)(F)F)c(Cl)cc1-n1c(=O)ccc2cc(S(=O)(=O)Nc3ccon3)ccc21. The highest BCUT2D eigenvalue weighted by molar-refractivity contribution is 7.92. The monoisotopic (exact) mass is 580 g/mol. The topological polar surface area (TPSA) is 126 Å². The van der Waals surface area contributed by atoms with Crippen molar-refractivity contribution in [1.82, 2.24) is 14.7 Å². The van der Waals surface area contributed by atoms with E-state index in [1.165, 1.54) is 36.6 Å². The number of benzene rings is 1. The highest BCUT2D eigenvalue weighted by Gasteiger charge is 2.58. The molecule has 0 aliphatic carbocycles. The smallest absolute Gasteiger partial charge is 0.456 e. The van der Waals surface area contributed by atoms with Crippen LogP contribution in [-0.4, -0.2) is 48.9 Å². The fourth-order valence-electron chi connectivity index (χ4n) is 3.20. The first-order chi connectivity index (χ1) is 17.7. The van der Waals surface area contributed by atoms with E-state index in [-0.39, 0.29) is 27.3 Å². The van der Waals surface area contributed by atoms with Gasteiger partial charge in [-0.05, 0) is 30.3 Å². The molecule has 0 spiro atoms. The summed E-state index contributed by atoms with van der Waals surface area (Å²) < 4.78 is 107. The van der Waals surface area contributed by atoms with Crippen molar-refractivity contribution >= 4 is 38.3 Å². The Balaban J connectivity index is 1.76. The van der Waals surface area contributed by atoms with Crippen molar-refractivity contribution in [3.05, 3.63) is 64.1 Å². The largest absolute Gasteiger partial charge is 0.479 e. The second-order valence-electron chi connectivity index (χ2n) is 7.51. The number of methoxy groups -OCH3 is 1. The van der Waals surface area contributed by atoms with Gasteiger partial charge in [-0.3, -0.25) is 14.1 Å². The summed E-state index contributed by atoms with van der Waals surface area (Å²) >= 11 is 6.02. The van der Waals surface area contributed by atoms with E-state index in [2.05, 4.69) is 24.1 Å². The Morgan fingerprint density at radius 2 is 1.82 bits per heavy atom. The van der Waals surface area contributed by atoms with Crippen molar-refractivity contribution in [2.45, 2.75) is 17.0 Å². The van der Waals surface area contributed by atoms with E-state index in [4.69, 9.17) is 16.3 Å². The van der Waals surface area contributed by atoms with Gasteiger partial charge in [0, 0.05) is 17.5 Å². The molecule has 0 saturated carbocycles. The first-order valence-corrected chi connectivity index (χ1v) is 12.0. The van der Waals surface area contributed by atoms with Gasteiger partial charge in [0.1, 0.15) is 17.0 Å². The number of fused-ring (bicyclic) bond motifs is 1. The van der Waals surface area contributed by atoms with Gasteiger partial charge >= 0.3 is 12.1 Å². The van der Waals surface area contributed by atoms with Crippen LogP contribution in [0.5, 0.6) is 11.8 Å². The molecule has 0 atom stereocenters. The number of halogens is 6. The summed E-state index contributed by atoms with van der Waals surface area (Å²) in [5.74, 6) is -6.44. The lowest BCUT2D eigenvalue weighted by atomic mass is 10.2. The number of pyridine rings is 2. The molecule has 0 saturated heterocycles. The molecule has 0 aliphatic heterocycles. The average Bonchev–Trinajstić information content (AvgIpc) is 3.34. The molecule has 4 aromatic rings. The maximum atomic E-state index is 13.3. The van der Waals surface area contributed by atoms with E-state index in [1.807, 2.05) is 0 Å². The number of nitrogens with zero attached hydrogens (tertiary/aromatic N) is 3. The van der Waals surface area contributed by atoms with Gasteiger partial charge in [-0.15, -0.1) is 0 Å². The number of rotatable bonds is 8. The van der Waals surface area contributed by atoms with Gasteiger partial charge in [0.15, 0.2) is 12.4 Å². The standard InChI is InChI=1S/C21H14ClF5N4O6S/c1-35-19-15(9-13(22)18(28-19)36-10-20(23,24)21(25,26)27)31-14-4-3-12(8-11(14)2-5-17(31)32)38(33,34)30-16-6-7-37-29-16/h2-9H,10H2,1H3,(H,29,30). The van der Waals surface area contributed by atoms with Crippen LogP contribution in [-0.2, 0) is 10.0 Å². The maximum absolute atomic E-state index is 13.3. The summed E-state index contributed by atoms with van der Waals surface area (Å²) in [6, 6.07) is 8.51. The van der Waals surface area contributed by atoms with Crippen LogP contribution in [0.2, 0.25) is 5.02 Å². The van der Waals surface area contributed by atoms with Gasteiger partial charge in [0.05, 0.1) is 17.5 Å². The lowest BCUT2D eigenvalue weighted by Crippen LogP contribution is -2.41. The zero-order valence-electron chi connectivity index (χ0n) is 18.8. The Bertz CT molecular complexity index is 1660. The minimum absolute atomic E-state index is 0.0594. The molecule has 0 aliphatic rings. The third kappa shape index (κ3) is 5.22. The van der Waals surface area contributed by atoms with Crippen molar-refractivity contribution in [1.29, 1.82) is 0 Å². The van der Waals surface area contributed by atoms with Crippen LogP contribution in [0.4, 0.5) is 27.8 Å². The van der Waals surface area contributed by atoms with Crippen LogP contribution in [0.3, 0.4) is 0 Å². The molecular formula is C21H14ClF5N4O6S. The Hall–Kier alpha value is -3.92. The number of sulfonamides is 1. The first-order valence-electron chi connectivity index (χ1n) is 10.1. The summed E-state index contributed by atoms with van der Waals surface area (Å²) in [4.78, 5) is 16.3. The van der Waals surface area contributed by atoms with Gasteiger partial charge in [0.2, 0.25) is 11.8 Å². The molecule has 0 radical (unpaired) electrons. The number of nitrogens with one attached hydrogen (secondary N) is 1. The molecular weight excluding hydrogens is 567 g/mol. The average molecular weight is 581 g/mol. The summed E-state index contributed by atoms with van der Waals surface area (Å²) in [6.07, 6.45) is -4.70. The third-order valence-corrected chi connectivity index (χ3v) is 6.61. The minimum Gasteiger partial charge on any atom is -0.479 e. The molecule has 38 heavy (non-hydrogen) atoms. The quantitative estimate of drug-likeness (QED) is 0.304. The maximum Gasteiger partial charge on any atom is 0.456 e. The number of anilines is 1. The molecule has 4 rings (SSSR count). The predicted molar refractivity (Wildman–Crippen MR) is 123 cm³/mol. The molecule has 0 amide bonds. The molecule has 0 fully saturated rings. The molecule has 1 N–H and O–H groups in total. The van der Waals surface area contributed by atoms with Gasteiger partial charge in [-0.25, -0.2) is 8.42 Å². The van der Waals surface area contributed by atoms with E-state index < -0.39 is 51.1 Å².